The second-order valence-electron chi connectivity index (χ2n) is 4.44. The Hall–Kier alpha value is -1.22. The number of amides is 2. The van der Waals surface area contributed by atoms with E-state index < -0.39 is 0 Å². The van der Waals surface area contributed by atoms with Crippen molar-refractivity contribution < 1.29 is 4.79 Å². The standard InChI is InChI=1S/C14H21ClN2O/c1-4-10(3)16-14(18)17-13(5-2)11-6-8-12(15)9-7-11/h6-10,13H,4-5H2,1-3H3,(H2,16,17,18)/t10-,13+/m0/s1. The zero-order valence-corrected chi connectivity index (χ0v) is 11.9. The Kier molecular flexibility index (Phi) is 5.99. The van der Waals surface area contributed by atoms with Crippen LogP contribution in [0, 0.1) is 0 Å². The van der Waals surface area contributed by atoms with Gasteiger partial charge < -0.3 is 10.6 Å². The van der Waals surface area contributed by atoms with Crippen LogP contribution in [0.4, 0.5) is 4.79 Å². The minimum Gasteiger partial charge on any atom is -0.336 e. The van der Waals surface area contributed by atoms with Crippen molar-refractivity contribution >= 4 is 17.6 Å². The summed E-state index contributed by atoms with van der Waals surface area (Å²) in [5.41, 5.74) is 1.07. The van der Waals surface area contributed by atoms with Gasteiger partial charge in [0, 0.05) is 11.1 Å². The fourth-order valence-electron chi connectivity index (χ4n) is 1.64. The third kappa shape index (κ3) is 4.57. The lowest BCUT2D eigenvalue weighted by Gasteiger charge is -2.20. The van der Waals surface area contributed by atoms with Gasteiger partial charge in [0.25, 0.3) is 0 Å². The van der Waals surface area contributed by atoms with Crippen LogP contribution in [0.2, 0.25) is 5.02 Å². The Balaban J connectivity index is 2.61. The van der Waals surface area contributed by atoms with Crippen molar-refractivity contribution in [1.82, 2.24) is 10.6 Å². The molecule has 0 bridgehead atoms. The molecule has 0 aliphatic heterocycles. The van der Waals surface area contributed by atoms with Crippen LogP contribution in [0.15, 0.2) is 24.3 Å². The van der Waals surface area contributed by atoms with Gasteiger partial charge in [-0.25, -0.2) is 4.79 Å². The van der Waals surface area contributed by atoms with Crippen molar-refractivity contribution in [3.63, 3.8) is 0 Å². The zero-order chi connectivity index (χ0) is 13.5. The highest BCUT2D eigenvalue weighted by Crippen LogP contribution is 2.18. The van der Waals surface area contributed by atoms with Gasteiger partial charge >= 0.3 is 6.03 Å². The summed E-state index contributed by atoms with van der Waals surface area (Å²) in [5, 5.41) is 6.58. The molecular weight excluding hydrogens is 248 g/mol. The zero-order valence-electron chi connectivity index (χ0n) is 11.2. The molecule has 0 radical (unpaired) electrons. The molecule has 0 unspecified atom stereocenters. The minimum atomic E-state index is -0.119. The molecule has 1 rings (SSSR count). The Labute approximate surface area is 114 Å². The van der Waals surface area contributed by atoms with Crippen LogP contribution in [-0.4, -0.2) is 12.1 Å². The summed E-state index contributed by atoms with van der Waals surface area (Å²) in [6, 6.07) is 7.66. The Morgan fingerprint density at radius 3 is 2.28 bits per heavy atom. The van der Waals surface area contributed by atoms with E-state index in [2.05, 4.69) is 10.6 Å². The van der Waals surface area contributed by atoms with Gasteiger partial charge in [-0.15, -0.1) is 0 Å². The number of hydrogen-bond donors (Lipinski definition) is 2. The Bertz CT molecular complexity index is 378. The smallest absolute Gasteiger partial charge is 0.315 e. The van der Waals surface area contributed by atoms with Gasteiger partial charge in [-0.2, -0.15) is 0 Å². The van der Waals surface area contributed by atoms with Crippen molar-refractivity contribution in [2.45, 2.75) is 45.7 Å². The summed E-state index contributed by atoms with van der Waals surface area (Å²) in [6.07, 6.45) is 1.76. The Morgan fingerprint density at radius 2 is 1.78 bits per heavy atom. The van der Waals surface area contributed by atoms with Gasteiger partial charge in [-0.1, -0.05) is 37.6 Å². The second kappa shape index (κ2) is 7.27. The molecule has 0 aliphatic rings. The first-order chi connectivity index (χ1) is 8.56. The summed E-state index contributed by atoms with van der Waals surface area (Å²) in [6.45, 7) is 6.08. The molecule has 0 saturated heterocycles. The van der Waals surface area contributed by atoms with E-state index in [1.165, 1.54) is 0 Å². The molecular formula is C14H21ClN2O. The van der Waals surface area contributed by atoms with E-state index in [1.54, 1.807) is 0 Å². The van der Waals surface area contributed by atoms with E-state index in [4.69, 9.17) is 11.6 Å². The van der Waals surface area contributed by atoms with Crippen molar-refractivity contribution in [2.75, 3.05) is 0 Å². The lowest BCUT2D eigenvalue weighted by Crippen LogP contribution is -2.42. The molecule has 0 heterocycles. The van der Waals surface area contributed by atoms with Crippen LogP contribution < -0.4 is 10.6 Å². The van der Waals surface area contributed by atoms with Crippen molar-refractivity contribution in [3.05, 3.63) is 34.9 Å². The van der Waals surface area contributed by atoms with Gasteiger partial charge in [-0.3, -0.25) is 0 Å². The van der Waals surface area contributed by atoms with E-state index >= 15 is 0 Å². The molecule has 2 atom stereocenters. The fourth-order valence-corrected chi connectivity index (χ4v) is 1.77. The van der Waals surface area contributed by atoms with E-state index in [0.717, 1.165) is 18.4 Å². The normalized spacial score (nSPS) is 13.8. The van der Waals surface area contributed by atoms with Gasteiger partial charge in [0.15, 0.2) is 0 Å². The van der Waals surface area contributed by atoms with Crippen LogP contribution >= 0.6 is 11.6 Å². The van der Waals surface area contributed by atoms with Gasteiger partial charge in [0.2, 0.25) is 0 Å². The summed E-state index contributed by atoms with van der Waals surface area (Å²) in [4.78, 5) is 11.8. The number of urea groups is 1. The molecule has 1 aromatic carbocycles. The van der Waals surface area contributed by atoms with Crippen molar-refractivity contribution in [1.29, 1.82) is 0 Å². The number of halogens is 1. The molecule has 0 aromatic heterocycles. The van der Waals surface area contributed by atoms with Crippen LogP contribution in [-0.2, 0) is 0 Å². The molecule has 0 saturated carbocycles. The maximum atomic E-state index is 11.8. The minimum absolute atomic E-state index is 0.0197. The number of carbonyl (C=O) groups excluding carboxylic acids is 1. The predicted octanol–water partition coefficient (Wildman–Crippen LogP) is 3.89. The van der Waals surface area contributed by atoms with E-state index in [9.17, 15) is 4.79 Å². The summed E-state index contributed by atoms with van der Waals surface area (Å²) in [7, 11) is 0. The van der Waals surface area contributed by atoms with Crippen LogP contribution in [0.1, 0.15) is 45.2 Å². The monoisotopic (exact) mass is 268 g/mol. The highest BCUT2D eigenvalue weighted by atomic mass is 35.5. The predicted molar refractivity (Wildman–Crippen MR) is 75.9 cm³/mol. The van der Waals surface area contributed by atoms with Crippen molar-refractivity contribution in [3.8, 4) is 0 Å². The van der Waals surface area contributed by atoms with Gasteiger partial charge in [0.1, 0.15) is 0 Å². The first kappa shape index (κ1) is 14.8. The first-order valence-electron chi connectivity index (χ1n) is 6.39. The number of hydrogen-bond acceptors (Lipinski definition) is 1. The van der Waals surface area contributed by atoms with Crippen LogP contribution in [0.3, 0.4) is 0 Å². The molecule has 2 N–H and O–H groups in total. The summed E-state index contributed by atoms with van der Waals surface area (Å²) in [5.74, 6) is 0. The van der Waals surface area contributed by atoms with E-state index in [1.807, 2.05) is 45.0 Å². The van der Waals surface area contributed by atoms with Crippen molar-refractivity contribution in [2.24, 2.45) is 0 Å². The third-order valence-corrected chi connectivity index (χ3v) is 3.23. The number of benzene rings is 1. The molecule has 2 amide bonds. The molecule has 100 valence electrons. The molecule has 0 fully saturated rings. The Morgan fingerprint density at radius 1 is 1.17 bits per heavy atom. The lowest BCUT2D eigenvalue weighted by molar-refractivity contribution is 0.233. The van der Waals surface area contributed by atoms with Gasteiger partial charge in [0.05, 0.1) is 6.04 Å². The second-order valence-corrected chi connectivity index (χ2v) is 4.88. The average Bonchev–Trinajstić information content (AvgIpc) is 2.37. The van der Waals surface area contributed by atoms with Crippen LogP contribution in [0.25, 0.3) is 0 Å². The topological polar surface area (TPSA) is 41.1 Å². The highest BCUT2D eigenvalue weighted by Gasteiger charge is 2.13. The van der Waals surface area contributed by atoms with Crippen LogP contribution in [0.5, 0.6) is 0 Å². The number of carbonyl (C=O) groups is 1. The van der Waals surface area contributed by atoms with Gasteiger partial charge in [-0.05, 0) is 37.5 Å². The largest absolute Gasteiger partial charge is 0.336 e. The maximum Gasteiger partial charge on any atom is 0.315 e. The SMILES string of the molecule is CC[C@H](C)NC(=O)N[C@H](CC)c1ccc(Cl)cc1. The quantitative estimate of drug-likeness (QED) is 0.836. The number of nitrogens with one attached hydrogen (secondary N) is 2. The molecule has 0 aliphatic carbocycles. The average molecular weight is 269 g/mol. The highest BCUT2D eigenvalue weighted by molar-refractivity contribution is 6.30. The molecule has 1 aromatic rings. The molecule has 18 heavy (non-hydrogen) atoms. The molecule has 0 spiro atoms. The van der Waals surface area contributed by atoms with E-state index in [-0.39, 0.29) is 18.1 Å². The first-order valence-corrected chi connectivity index (χ1v) is 6.77. The maximum absolute atomic E-state index is 11.8. The third-order valence-electron chi connectivity index (χ3n) is 2.98. The number of rotatable bonds is 5. The lowest BCUT2D eigenvalue weighted by atomic mass is 10.1. The molecule has 3 nitrogen and oxygen atoms in total. The fraction of sp³-hybridized carbons (Fsp3) is 0.500. The molecule has 4 heteroatoms. The van der Waals surface area contributed by atoms with E-state index in [0.29, 0.717) is 5.02 Å². The summed E-state index contributed by atoms with van der Waals surface area (Å²) < 4.78 is 0. The summed E-state index contributed by atoms with van der Waals surface area (Å²) >= 11 is 5.85.